The van der Waals surface area contributed by atoms with E-state index in [1.165, 1.54) is 0 Å². The summed E-state index contributed by atoms with van der Waals surface area (Å²) in [5, 5.41) is 0. The van der Waals surface area contributed by atoms with Gasteiger partial charge in [-0.1, -0.05) is 12.1 Å². The number of ether oxygens (including phenoxy) is 1. The van der Waals surface area contributed by atoms with Crippen LogP contribution in [-0.2, 0) is 0 Å². The van der Waals surface area contributed by atoms with Gasteiger partial charge >= 0.3 is 0 Å². The Morgan fingerprint density at radius 2 is 1.89 bits per heavy atom. The number of ketones is 1. The van der Waals surface area contributed by atoms with Crippen LogP contribution in [0.1, 0.15) is 10.4 Å². The Morgan fingerprint density at radius 1 is 1.21 bits per heavy atom. The van der Waals surface area contributed by atoms with Crippen molar-refractivity contribution >= 4 is 5.78 Å². The van der Waals surface area contributed by atoms with Crippen molar-refractivity contribution < 1.29 is 9.53 Å². The minimum Gasteiger partial charge on any atom is -0.496 e. The van der Waals surface area contributed by atoms with Gasteiger partial charge in [0, 0.05) is 38.1 Å². The van der Waals surface area contributed by atoms with Crippen LogP contribution >= 0.6 is 0 Å². The van der Waals surface area contributed by atoms with Gasteiger partial charge in [0.1, 0.15) is 5.75 Å². The molecular formula is C15H18N2O2. The van der Waals surface area contributed by atoms with Crippen LogP contribution in [0.4, 0.5) is 0 Å². The number of piperazine rings is 1. The molecule has 0 spiro atoms. The highest BCUT2D eigenvalue weighted by atomic mass is 16.5. The first-order valence-corrected chi connectivity index (χ1v) is 6.33. The van der Waals surface area contributed by atoms with E-state index < -0.39 is 0 Å². The first kappa shape index (κ1) is 13.4. The summed E-state index contributed by atoms with van der Waals surface area (Å²) in [7, 11) is 3.64. The maximum absolute atomic E-state index is 12.0. The van der Waals surface area contributed by atoms with Crippen LogP contribution in [-0.4, -0.2) is 55.9 Å². The topological polar surface area (TPSA) is 32.8 Å². The molecule has 1 aromatic carbocycles. The zero-order valence-corrected chi connectivity index (χ0v) is 11.3. The molecule has 1 saturated heterocycles. The van der Waals surface area contributed by atoms with E-state index in [0.29, 0.717) is 11.3 Å². The lowest BCUT2D eigenvalue weighted by molar-refractivity contribution is 0.105. The van der Waals surface area contributed by atoms with Crippen molar-refractivity contribution in [2.75, 3.05) is 40.3 Å². The second kappa shape index (κ2) is 6.26. The second-order valence-corrected chi connectivity index (χ2v) is 4.56. The number of methoxy groups -OCH3 is 1. The number of carbonyl (C=O) groups excluding carboxylic acids is 1. The minimum atomic E-state index is -0.198. The van der Waals surface area contributed by atoms with Crippen molar-refractivity contribution in [3.8, 4) is 17.7 Å². The van der Waals surface area contributed by atoms with Gasteiger partial charge in [0.15, 0.2) is 0 Å². The maximum Gasteiger partial charge on any atom is 0.241 e. The molecule has 0 saturated carbocycles. The first-order valence-electron chi connectivity index (χ1n) is 6.33. The minimum absolute atomic E-state index is 0.198. The summed E-state index contributed by atoms with van der Waals surface area (Å²) in [6.45, 7) is 3.72. The monoisotopic (exact) mass is 258 g/mol. The number of rotatable bonds is 2. The van der Waals surface area contributed by atoms with Crippen molar-refractivity contribution in [3.63, 3.8) is 0 Å². The summed E-state index contributed by atoms with van der Waals surface area (Å²) >= 11 is 0. The summed E-state index contributed by atoms with van der Waals surface area (Å²) in [5.41, 5.74) is 0.520. The van der Waals surface area contributed by atoms with E-state index in [2.05, 4.69) is 23.9 Å². The summed E-state index contributed by atoms with van der Waals surface area (Å²) in [6.07, 6.45) is 0. The lowest BCUT2D eigenvalue weighted by Gasteiger charge is -2.29. The van der Waals surface area contributed by atoms with Gasteiger partial charge in [-0.2, -0.15) is 0 Å². The van der Waals surface area contributed by atoms with E-state index in [9.17, 15) is 4.79 Å². The Morgan fingerprint density at radius 3 is 2.58 bits per heavy atom. The van der Waals surface area contributed by atoms with Crippen LogP contribution < -0.4 is 4.74 Å². The lowest BCUT2D eigenvalue weighted by Crippen LogP contribution is -2.42. The average molecular weight is 258 g/mol. The standard InChI is InChI=1S/C15H18N2O2/c1-16-9-11-17(12-10-16)8-7-14(18)13-5-3-4-6-15(13)19-2/h3-6H,9-12H2,1-2H3. The first-order chi connectivity index (χ1) is 9.20. The second-order valence-electron chi connectivity index (χ2n) is 4.56. The third-order valence-corrected chi connectivity index (χ3v) is 3.18. The van der Waals surface area contributed by atoms with Crippen LogP contribution in [0.5, 0.6) is 5.75 Å². The number of hydrogen-bond acceptors (Lipinski definition) is 4. The summed E-state index contributed by atoms with van der Waals surface area (Å²) in [4.78, 5) is 16.3. The maximum atomic E-state index is 12.0. The Kier molecular flexibility index (Phi) is 4.43. The molecule has 1 aromatic rings. The largest absolute Gasteiger partial charge is 0.496 e. The van der Waals surface area contributed by atoms with E-state index in [-0.39, 0.29) is 5.78 Å². The van der Waals surface area contributed by atoms with Crippen LogP contribution in [0.3, 0.4) is 0 Å². The highest BCUT2D eigenvalue weighted by Gasteiger charge is 2.12. The molecule has 0 atom stereocenters. The normalized spacial score (nSPS) is 15.6. The average Bonchev–Trinajstić information content (AvgIpc) is 2.46. The zero-order chi connectivity index (χ0) is 13.7. The number of hydrogen-bond donors (Lipinski definition) is 0. The van der Waals surface area contributed by atoms with Gasteiger partial charge < -0.3 is 14.5 Å². The fourth-order valence-corrected chi connectivity index (χ4v) is 1.95. The van der Waals surface area contributed by atoms with Crippen LogP contribution in [0.2, 0.25) is 0 Å². The molecule has 0 unspecified atom stereocenters. The quantitative estimate of drug-likeness (QED) is 0.587. The molecule has 19 heavy (non-hydrogen) atoms. The number of carbonyl (C=O) groups is 1. The number of nitrogens with zero attached hydrogens (tertiary/aromatic N) is 2. The van der Waals surface area contributed by atoms with Gasteiger partial charge in [-0.05, 0) is 19.2 Å². The highest BCUT2D eigenvalue weighted by molar-refractivity contribution is 6.10. The van der Waals surface area contributed by atoms with E-state index in [4.69, 9.17) is 4.74 Å². The molecule has 1 fully saturated rings. The molecule has 1 aliphatic heterocycles. The van der Waals surface area contributed by atoms with Crippen molar-refractivity contribution in [3.05, 3.63) is 29.8 Å². The molecule has 0 aromatic heterocycles. The van der Waals surface area contributed by atoms with Gasteiger partial charge in [-0.15, -0.1) is 0 Å². The molecule has 0 bridgehead atoms. The fraction of sp³-hybridized carbons (Fsp3) is 0.400. The van der Waals surface area contributed by atoms with Gasteiger partial charge in [0.05, 0.1) is 12.7 Å². The highest BCUT2D eigenvalue weighted by Crippen LogP contribution is 2.17. The Labute approximate surface area is 114 Å². The molecule has 0 radical (unpaired) electrons. The molecular weight excluding hydrogens is 240 g/mol. The SMILES string of the molecule is COc1ccccc1C(=O)C#CN1CCN(C)CC1. The van der Waals surface area contributed by atoms with E-state index in [0.717, 1.165) is 26.2 Å². The summed E-state index contributed by atoms with van der Waals surface area (Å²) < 4.78 is 5.16. The third kappa shape index (κ3) is 3.49. The third-order valence-electron chi connectivity index (χ3n) is 3.18. The van der Waals surface area contributed by atoms with Crippen molar-refractivity contribution in [2.45, 2.75) is 0 Å². The predicted molar refractivity (Wildman–Crippen MR) is 74.2 cm³/mol. The molecule has 1 heterocycles. The van der Waals surface area contributed by atoms with Crippen LogP contribution in [0, 0.1) is 12.0 Å². The predicted octanol–water partition coefficient (Wildman–Crippen LogP) is 1.09. The zero-order valence-electron chi connectivity index (χ0n) is 11.3. The molecule has 4 nitrogen and oxygen atoms in total. The van der Waals surface area contributed by atoms with Gasteiger partial charge in [-0.25, -0.2) is 0 Å². The fourth-order valence-electron chi connectivity index (χ4n) is 1.95. The molecule has 4 heteroatoms. The molecule has 0 N–H and O–H groups in total. The van der Waals surface area contributed by atoms with E-state index in [1.54, 1.807) is 19.2 Å². The summed E-state index contributed by atoms with van der Waals surface area (Å²) in [5.74, 6) is 3.07. The van der Waals surface area contributed by atoms with Gasteiger partial charge in [0.25, 0.3) is 0 Å². The Hall–Kier alpha value is -1.99. The number of likely N-dealkylation sites (N-methyl/N-ethyl adjacent to an activating group) is 1. The summed E-state index contributed by atoms with van der Waals surface area (Å²) in [6, 6.07) is 10.1. The number of para-hydroxylation sites is 1. The molecule has 2 rings (SSSR count). The van der Waals surface area contributed by atoms with Crippen molar-refractivity contribution in [2.24, 2.45) is 0 Å². The molecule has 100 valence electrons. The molecule has 0 amide bonds. The molecule has 0 aliphatic carbocycles. The number of Topliss-reactive ketones (excluding diaryl/α,β-unsaturated/α-hetero) is 1. The van der Waals surface area contributed by atoms with Crippen molar-refractivity contribution in [1.29, 1.82) is 0 Å². The smallest absolute Gasteiger partial charge is 0.241 e. The van der Waals surface area contributed by atoms with Gasteiger partial charge in [0.2, 0.25) is 5.78 Å². The van der Waals surface area contributed by atoms with Gasteiger partial charge in [-0.3, -0.25) is 4.79 Å². The van der Waals surface area contributed by atoms with Crippen molar-refractivity contribution in [1.82, 2.24) is 9.80 Å². The lowest BCUT2D eigenvalue weighted by atomic mass is 10.1. The van der Waals surface area contributed by atoms with E-state index in [1.807, 2.05) is 17.0 Å². The Bertz CT molecular complexity index is 508. The number of benzene rings is 1. The molecule has 1 aliphatic rings. The Balaban J connectivity index is 2.05. The van der Waals surface area contributed by atoms with Crippen LogP contribution in [0.25, 0.3) is 0 Å². The van der Waals surface area contributed by atoms with E-state index >= 15 is 0 Å². The van der Waals surface area contributed by atoms with Crippen LogP contribution in [0.15, 0.2) is 24.3 Å².